The molecule has 1 saturated heterocycles. The predicted octanol–water partition coefficient (Wildman–Crippen LogP) is 1.06. The molecule has 1 aliphatic heterocycles. The highest BCUT2D eigenvalue weighted by atomic mass is 16.5. The van der Waals surface area contributed by atoms with Crippen molar-refractivity contribution in [1.29, 1.82) is 0 Å². The van der Waals surface area contributed by atoms with Crippen LogP contribution in [0.15, 0.2) is 4.99 Å². The number of rotatable bonds is 11. The van der Waals surface area contributed by atoms with Crippen LogP contribution < -0.4 is 10.6 Å². The van der Waals surface area contributed by atoms with Crippen LogP contribution in [0.5, 0.6) is 0 Å². The Morgan fingerprint density at radius 2 is 2.13 bits per heavy atom. The highest BCUT2D eigenvalue weighted by Crippen LogP contribution is 2.32. The molecule has 0 saturated carbocycles. The number of guanidine groups is 1. The fourth-order valence-corrected chi connectivity index (χ4v) is 2.78. The lowest BCUT2D eigenvalue weighted by molar-refractivity contribution is 0.131. The van der Waals surface area contributed by atoms with Gasteiger partial charge in [-0.3, -0.25) is 4.99 Å². The lowest BCUT2D eigenvalue weighted by atomic mass is 9.84. The molecule has 1 aliphatic rings. The molecule has 1 heterocycles. The van der Waals surface area contributed by atoms with Gasteiger partial charge in [-0.15, -0.1) is 0 Å². The Morgan fingerprint density at radius 1 is 1.30 bits per heavy atom. The van der Waals surface area contributed by atoms with Crippen LogP contribution in [0.4, 0.5) is 0 Å². The first kappa shape index (κ1) is 20.2. The molecule has 1 fully saturated rings. The first-order valence-corrected chi connectivity index (χ1v) is 9.05. The molecule has 0 aliphatic carbocycles. The van der Waals surface area contributed by atoms with E-state index in [9.17, 15) is 5.11 Å². The zero-order valence-electron chi connectivity index (χ0n) is 15.2. The highest BCUT2D eigenvalue weighted by molar-refractivity contribution is 5.79. The van der Waals surface area contributed by atoms with Crippen molar-refractivity contribution < 1.29 is 9.84 Å². The van der Waals surface area contributed by atoms with Crippen LogP contribution >= 0.6 is 0 Å². The van der Waals surface area contributed by atoms with Crippen molar-refractivity contribution >= 4 is 5.96 Å². The van der Waals surface area contributed by atoms with Gasteiger partial charge in [-0.25, -0.2) is 0 Å². The number of hydrogen-bond acceptors (Lipinski definition) is 4. The van der Waals surface area contributed by atoms with Crippen molar-refractivity contribution in [3.63, 3.8) is 0 Å². The Labute approximate surface area is 141 Å². The lowest BCUT2D eigenvalue weighted by Gasteiger charge is -2.25. The maximum atomic E-state index is 9.29. The molecule has 3 N–H and O–H groups in total. The average molecular weight is 329 g/mol. The number of likely N-dealkylation sites (N-methyl/N-ethyl adjacent to an activating group) is 1. The summed E-state index contributed by atoms with van der Waals surface area (Å²) in [5.41, 5.74) is 0.00895. The average Bonchev–Trinajstić information content (AvgIpc) is 3.00. The molecular weight excluding hydrogens is 292 g/mol. The molecule has 6 nitrogen and oxygen atoms in total. The Kier molecular flexibility index (Phi) is 10.2. The maximum absolute atomic E-state index is 9.29. The monoisotopic (exact) mass is 328 g/mol. The van der Waals surface area contributed by atoms with Crippen LogP contribution in [0.3, 0.4) is 0 Å². The molecule has 1 atom stereocenters. The van der Waals surface area contributed by atoms with E-state index in [0.717, 1.165) is 51.6 Å². The lowest BCUT2D eigenvalue weighted by Crippen LogP contribution is -2.42. The second-order valence-electron chi connectivity index (χ2n) is 6.55. The van der Waals surface area contributed by atoms with Gasteiger partial charge in [0.15, 0.2) is 5.96 Å². The van der Waals surface area contributed by atoms with Gasteiger partial charge in [-0.1, -0.05) is 13.3 Å². The molecule has 0 aromatic rings. The number of aliphatic hydroxyl groups is 1. The number of aliphatic hydroxyl groups excluding tert-OH is 1. The molecule has 136 valence electrons. The third-order valence-electron chi connectivity index (χ3n) is 4.42. The van der Waals surface area contributed by atoms with Gasteiger partial charge in [0.05, 0.1) is 13.2 Å². The van der Waals surface area contributed by atoms with Gasteiger partial charge in [0.2, 0.25) is 0 Å². The molecule has 1 rings (SSSR count). The van der Waals surface area contributed by atoms with E-state index < -0.39 is 0 Å². The second kappa shape index (κ2) is 11.6. The van der Waals surface area contributed by atoms with Crippen molar-refractivity contribution in [3.8, 4) is 0 Å². The third kappa shape index (κ3) is 7.99. The summed E-state index contributed by atoms with van der Waals surface area (Å²) in [7, 11) is 2.16. The van der Waals surface area contributed by atoms with Crippen LogP contribution in [0.2, 0.25) is 0 Å². The summed E-state index contributed by atoms with van der Waals surface area (Å²) in [4.78, 5) is 7.08. The minimum Gasteiger partial charge on any atom is -0.396 e. The quantitative estimate of drug-likeness (QED) is 0.391. The van der Waals surface area contributed by atoms with Crippen molar-refractivity contribution in [3.05, 3.63) is 0 Å². The molecule has 0 aromatic carbocycles. The van der Waals surface area contributed by atoms with Crippen LogP contribution in [0.25, 0.3) is 0 Å². The maximum Gasteiger partial charge on any atom is 0.191 e. The third-order valence-corrected chi connectivity index (χ3v) is 4.42. The summed E-state index contributed by atoms with van der Waals surface area (Å²) in [6, 6.07) is 0. The Morgan fingerprint density at radius 3 is 2.74 bits per heavy atom. The predicted molar refractivity (Wildman–Crippen MR) is 96.0 cm³/mol. The molecule has 0 bridgehead atoms. The van der Waals surface area contributed by atoms with E-state index in [0.29, 0.717) is 13.2 Å². The van der Waals surface area contributed by atoms with Crippen LogP contribution in [-0.2, 0) is 4.74 Å². The normalized spacial score (nSPS) is 21.9. The van der Waals surface area contributed by atoms with Crippen molar-refractivity contribution in [2.24, 2.45) is 10.4 Å². The summed E-state index contributed by atoms with van der Waals surface area (Å²) >= 11 is 0. The number of nitrogens with zero attached hydrogens (tertiary/aromatic N) is 2. The molecule has 0 radical (unpaired) electrons. The summed E-state index contributed by atoms with van der Waals surface area (Å²) in [6.45, 7) is 10.6. The number of unbranched alkanes of at least 4 members (excludes halogenated alkanes) is 1. The molecule has 6 heteroatoms. The molecule has 0 spiro atoms. The van der Waals surface area contributed by atoms with Crippen LogP contribution in [-0.4, -0.2) is 75.6 Å². The Balaban J connectivity index is 2.43. The molecule has 23 heavy (non-hydrogen) atoms. The zero-order chi connectivity index (χ0) is 17.0. The summed E-state index contributed by atoms with van der Waals surface area (Å²) in [6.07, 6.45) is 4.22. The fraction of sp³-hybridized carbons (Fsp3) is 0.941. The number of nitrogens with one attached hydrogen (secondary N) is 2. The Hall–Kier alpha value is -0.850. The molecule has 0 amide bonds. The molecule has 0 aromatic heterocycles. The number of ether oxygens (including phenoxy) is 1. The van der Waals surface area contributed by atoms with E-state index in [1.165, 1.54) is 12.8 Å². The molecular formula is C17H36N4O2. The smallest absolute Gasteiger partial charge is 0.191 e. The first-order chi connectivity index (χ1) is 11.2. The van der Waals surface area contributed by atoms with Crippen molar-refractivity contribution in [1.82, 2.24) is 15.5 Å². The van der Waals surface area contributed by atoms with Gasteiger partial charge >= 0.3 is 0 Å². The van der Waals surface area contributed by atoms with Gasteiger partial charge in [0.25, 0.3) is 0 Å². The number of aliphatic imine (C=N–C) groups is 1. The van der Waals surface area contributed by atoms with E-state index >= 15 is 0 Å². The SMILES string of the molecule is CCCCN(C)CCNC(=NCC1(CCO)CCOC1)NCC. The van der Waals surface area contributed by atoms with E-state index in [2.05, 4.69) is 36.4 Å². The van der Waals surface area contributed by atoms with E-state index in [-0.39, 0.29) is 12.0 Å². The van der Waals surface area contributed by atoms with E-state index in [1.54, 1.807) is 0 Å². The van der Waals surface area contributed by atoms with Gasteiger partial charge in [0, 0.05) is 38.3 Å². The van der Waals surface area contributed by atoms with E-state index in [4.69, 9.17) is 9.73 Å². The van der Waals surface area contributed by atoms with Gasteiger partial charge in [-0.2, -0.15) is 0 Å². The molecule has 1 unspecified atom stereocenters. The first-order valence-electron chi connectivity index (χ1n) is 9.05. The minimum atomic E-state index is 0.00895. The van der Waals surface area contributed by atoms with Gasteiger partial charge in [-0.05, 0) is 39.8 Å². The van der Waals surface area contributed by atoms with Gasteiger partial charge < -0.3 is 25.4 Å². The summed E-state index contributed by atoms with van der Waals surface area (Å²) in [5.74, 6) is 0.862. The van der Waals surface area contributed by atoms with Crippen molar-refractivity contribution in [2.45, 2.75) is 39.5 Å². The van der Waals surface area contributed by atoms with Crippen LogP contribution in [0, 0.1) is 5.41 Å². The Bertz CT molecular complexity index is 331. The topological polar surface area (TPSA) is 69.1 Å². The fourth-order valence-electron chi connectivity index (χ4n) is 2.78. The zero-order valence-corrected chi connectivity index (χ0v) is 15.2. The van der Waals surface area contributed by atoms with Gasteiger partial charge in [0.1, 0.15) is 0 Å². The summed E-state index contributed by atoms with van der Waals surface area (Å²) < 4.78 is 5.53. The highest BCUT2D eigenvalue weighted by Gasteiger charge is 2.34. The van der Waals surface area contributed by atoms with Crippen molar-refractivity contribution in [2.75, 3.05) is 59.6 Å². The summed E-state index contributed by atoms with van der Waals surface area (Å²) in [5, 5.41) is 16.0. The number of hydrogen-bond donors (Lipinski definition) is 3. The second-order valence-corrected chi connectivity index (χ2v) is 6.55. The van der Waals surface area contributed by atoms with E-state index in [1.807, 2.05) is 0 Å². The van der Waals surface area contributed by atoms with Crippen LogP contribution in [0.1, 0.15) is 39.5 Å². The largest absolute Gasteiger partial charge is 0.396 e. The minimum absolute atomic E-state index is 0.00895. The standard InChI is InChI=1S/C17H36N4O2/c1-4-6-10-21(3)11-9-19-16(18-5-2)20-14-17(7-12-22)8-13-23-15-17/h22H,4-15H2,1-3H3,(H2,18,19,20).